The van der Waals surface area contributed by atoms with Crippen molar-refractivity contribution < 1.29 is 4.74 Å². The summed E-state index contributed by atoms with van der Waals surface area (Å²) in [7, 11) is 1.76. The van der Waals surface area contributed by atoms with Gasteiger partial charge in [0.2, 0.25) is 0 Å². The van der Waals surface area contributed by atoms with Crippen LogP contribution in [0.25, 0.3) is 0 Å². The smallest absolute Gasteiger partial charge is 0.113 e. The zero-order chi connectivity index (χ0) is 13.9. The van der Waals surface area contributed by atoms with E-state index < -0.39 is 0 Å². The topological polar surface area (TPSA) is 34.1 Å². The van der Waals surface area contributed by atoms with Crippen LogP contribution in [-0.4, -0.2) is 25.2 Å². The molecule has 1 fully saturated rings. The molecule has 1 unspecified atom stereocenters. The highest BCUT2D eigenvalue weighted by molar-refractivity contribution is 7.09. The van der Waals surface area contributed by atoms with Gasteiger partial charge >= 0.3 is 0 Å². The molecule has 0 saturated heterocycles. The monoisotopic (exact) mass is 282 g/mol. The summed E-state index contributed by atoms with van der Waals surface area (Å²) in [5, 5.41) is 7.17. The highest BCUT2D eigenvalue weighted by Gasteiger charge is 2.42. The third kappa shape index (κ3) is 3.56. The Morgan fingerprint density at radius 3 is 2.79 bits per heavy atom. The third-order valence-corrected chi connectivity index (χ3v) is 5.20. The van der Waals surface area contributed by atoms with Gasteiger partial charge in [-0.3, -0.25) is 0 Å². The maximum atomic E-state index is 5.19. The van der Waals surface area contributed by atoms with E-state index in [4.69, 9.17) is 9.72 Å². The van der Waals surface area contributed by atoms with Gasteiger partial charge in [-0.15, -0.1) is 11.3 Å². The van der Waals surface area contributed by atoms with Crippen LogP contribution in [0.15, 0.2) is 5.38 Å². The normalized spacial score (nSPS) is 26.5. The molecule has 0 aliphatic heterocycles. The van der Waals surface area contributed by atoms with E-state index in [1.807, 2.05) is 0 Å². The number of thiazole rings is 1. The molecule has 4 heteroatoms. The van der Waals surface area contributed by atoms with Crippen molar-refractivity contribution in [2.75, 3.05) is 20.3 Å². The summed E-state index contributed by atoms with van der Waals surface area (Å²) in [6.07, 6.45) is 4.93. The molecule has 3 nitrogen and oxygen atoms in total. The average molecular weight is 282 g/mol. The fourth-order valence-electron chi connectivity index (χ4n) is 3.24. The highest BCUT2D eigenvalue weighted by Crippen LogP contribution is 2.46. The van der Waals surface area contributed by atoms with E-state index in [-0.39, 0.29) is 5.54 Å². The van der Waals surface area contributed by atoms with Crippen molar-refractivity contribution in [3.05, 3.63) is 16.1 Å². The summed E-state index contributed by atoms with van der Waals surface area (Å²) < 4.78 is 5.19. The molecular formula is C15H26N2OS. The number of aryl methyl sites for hydroxylation is 1. The minimum Gasteiger partial charge on any atom is -0.383 e. The molecule has 1 saturated carbocycles. The molecule has 1 aliphatic rings. The second kappa shape index (κ2) is 5.90. The fourth-order valence-corrected chi connectivity index (χ4v) is 4.24. The maximum Gasteiger partial charge on any atom is 0.113 e. The van der Waals surface area contributed by atoms with Gasteiger partial charge in [-0.2, -0.15) is 0 Å². The molecule has 1 aliphatic carbocycles. The Balaban J connectivity index is 2.22. The van der Waals surface area contributed by atoms with Crippen LogP contribution in [0, 0.1) is 12.3 Å². The molecule has 0 amide bonds. The number of ether oxygens (including phenoxy) is 1. The van der Waals surface area contributed by atoms with Crippen LogP contribution in [0.4, 0.5) is 0 Å². The van der Waals surface area contributed by atoms with Crippen LogP contribution in [-0.2, 0) is 10.3 Å². The lowest BCUT2D eigenvalue weighted by molar-refractivity contribution is 0.105. The minimum absolute atomic E-state index is 0.0548. The average Bonchev–Trinajstić information content (AvgIpc) is 2.75. The minimum atomic E-state index is 0.0548. The fraction of sp³-hybridized carbons (Fsp3) is 0.800. The number of nitrogens with zero attached hydrogens (tertiary/aromatic N) is 1. The molecule has 1 aromatic heterocycles. The van der Waals surface area contributed by atoms with Gasteiger partial charge in [0.15, 0.2) is 0 Å². The number of hydrogen-bond donors (Lipinski definition) is 1. The van der Waals surface area contributed by atoms with Crippen molar-refractivity contribution >= 4 is 11.3 Å². The predicted molar refractivity (Wildman–Crippen MR) is 80.7 cm³/mol. The van der Waals surface area contributed by atoms with E-state index in [9.17, 15) is 0 Å². The van der Waals surface area contributed by atoms with Crippen molar-refractivity contribution in [2.45, 2.75) is 52.0 Å². The summed E-state index contributed by atoms with van der Waals surface area (Å²) in [6.45, 7) is 8.48. The van der Waals surface area contributed by atoms with Crippen LogP contribution in [0.3, 0.4) is 0 Å². The first-order valence-electron chi connectivity index (χ1n) is 7.14. The van der Waals surface area contributed by atoms with Gasteiger partial charge in [0, 0.05) is 24.7 Å². The SMILES string of the molecule is COCCNC1(c2nc(C)cs2)CCCC(C)(C)C1. The maximum absolute atomic E-state index is 5.19. The van der Waals surface area contributed by atoms with Gasteiger partial charge in [-0.25, -0.2) is 4.98 Å². The molecule has 1 aromatic rings. The number of methoxy groups -OCH3 is 1. The molecule has 1 N–H and O–H groups in total. The standard InChI is InChI=1S/C15H26N2OS/c1-12-10-19-13(17-12)15(16-8-9-18-4)7-5-6-14(2,3)11-15/h10,16H,5-9,11H2,1-4H3. The van der Waals surface area contributed by atoms with Gasteiger partial charge in [-0.05, 0) is 31.6 Å². The lowest BCUT2D eigenvalue weighted by Gasteiger charge is -2.44. The Labute approximate surface area is 120 Å². The Morgan fingerprint density at radius 1 is 1.42 bits per heavy atom. The molecule has 0 aromatic carbocycles. The summed E-state index contributed by atoms with van der Waals surface area (Å²) >= 11 is 1.80. The summed E-state index contributed by atoms with van der Waals surface area (Å²) in [5.74, 6) is 0. The van der Waals surface area contributed by atoms with E-state index in [2.05, 4.69) is 31.5 Å². The molecular weight excluding hydrogens is 256 g/mol. The first-order valence-corrected chi connectivity index (χ1v) is 8.02. The van der Waals surface area contributed by atoms with E-state index in [0.717, 1.165) is 25.3 Å². The number of hydrogen-bond acceptors (Lipinski definition) is 4. The lowest BCUT2D eigenvalue weighted by Crippen LogP contribution is -2.49. The Hall–Kier alpha value is -0.450. The van der Waals surface area contributed by atoms with Gasteiger partial charge in [0.05, 0.1) is 12.1 Å². The van der Waals surface area contributed by atoms with Crippen molar-refractivity contribution in [2.24, 2.45) is 5.41 Å². The zero-order valence-electron chi connectivity index (χ0n) is 12.6. The molecule has 0 spiro atoms. The van der Waals surface area contributed by atoms with E-state index in [1.165, 1.54) is 24.3 Å². The van der Waals surface area contributed by atoms with Crippen LogP contribution >= 0.6 is 11.3 Å². The molecule has 1 atom stereocenters. The lowest BCUT2D eigenvalue weighted by atomic mass is 9.68. The third-order valence-electron chi connectivity index (χ3n) is 4.04. The Kier molecular flexibility index (Phi) is 4.64. The molecule has 1 heterocycles. The molecule has 19 heavy (non-hydrogen) atoms. The summed E-state index contributed by atoms with van der Waals surface area (Å²) in [6, 6.07) is 0. The molecule has 0 bridgehead atoms. The van der Waals surface area contributed by atoms with Crippen LogP contribution < -0.4 is 5.32 Å². The zero-order valence-corrected chi connectivity index (χ0v) is 13.4. The summed E-state index contributed by atoms with van der Waals surface area (Å²) in [5.41, 5.74) is 1.58. The van der Waals surface area contributed by atoms with Crippen molar-refractivity contribution in [1.82, 2.24) is 10.3 Å². The van der Waals surface area contributed by atoms with Gasteiger partial charge < -0.3 is 10.1 Å². The Morgan fingerprint density at radius 2 is 2.21 bits per heavy atom. The van der Waals surface area contributed by atoms with Crippen LogP contribution in [0.1, 0.15) is 50.2 Å². The Bertz CT molecular complexity index is 416. The quantitative estimate of drug-likeness (QED) is 0.840. The number of rotatable bonds is 5. The van der Waals surface area contributed by atoms with E-state index in [0.29, 0.717) is 5.41 Å². The predicted octanol–water partition coefficient (Wildman–Crippen LogP) is 3.48. The van der Waals surface area contributed by atoms with Crippen LogP contribution in [0.5, 0.6) is 0 Å². The van der Waals surface area contributed by atoms with Gasteiger partial charge in [0.1, 0.15) is 5.01 Å². The summed E-state index contributed by atoms with van der Waals surface area (Å²) in [4.78, 5) is 4.77. The second-order valence-corrected chi connectivity index (χ2v) is 7.35. The van der Waals surface area contributed by atoms with Crippen LogP contribution in [0.2, 0.25) is 0 Å². The second-order valence-electron chi connectivity index (χ2n) is 6.49. The molecule has 2 rings (SSSR count). The van der Waals surface area contributed by atoms with E-state index >= 15 is 0 Å². The first kappa shape index (κ1) is 14.9. The van der Waals surface area contributed by atoms with Gasteiger partial charge in [0.25, 0.3) is 0 Å². The van der Waals surface area contributed by atoms with Crippen molar-refractivity contribution in [3.63, 3.8) is 0 Å². The molecule has 108 valence electrons. The van der Waals surface area contributed by atoms with Crippen molar-refractivity contribution in [3.8, 4) is 0 Å². The first-order chi connectivity index (χ1) is 8.97. The molecule has 0 radical (unpaired) electrons. The van der Waals surface area contributed by atoms with Crippen molar-refractivity contribution in [1.29, 1.82) is 0 Å². The highest BCUT2D eigenvalue weighted by atomic mass is 32.1. The number of aromatic nitrogens is 1. The number of nitrogens with one attached hydrogen (secondary N) is 1. The van der Waals surface area contributed by atoms with E-state index in [1.54, 1.807) is 18.4 Å². The largest absolute Gasteiger partial charge is 0.383 e. The van der Waals surface area contributed by atoms with Gasteiger partial charge in [-0.1, -0.05) is 20.3 Å².